The van der Waals surface area contributed by atoms with Crippen LogP contribution in [0.1, 0.15) is 0 Å². The third kappa shape index (κ3) is 3.34. The summed E-state index contributed by atoms with van der Waals surface area (Å²) in [6.07, 6.45) is 3.35. The lowest BCUT2D eigenvalue weighted by atomic mass is 10.2. The first-order chi connectivity index (χ1) is 12.7. The first-order valence-electron chi connectivity index (χ1n) is 7.84. The van der Waals surface area contributed by atoms with Crippen LogP contribution in [-0.2, 0) is 9.59 Å². The molecule has 0 amide bonds. The van der Waals surface area contributed by atoms with E-state index in [4.69, 9.17) is 0 Å². The molecule has 126 valence electrons. The standard InChI is InChI=1S/C20H12N2O2S2/c23-19(25-15-9-1-5-13-7-3-11-21-17(13)15)20(24)26-16-10-2-6-14-8-4-12-22-18(14)16/h1-12H. The average Bonchev–Trinajstić information content (AvgIpc) is 2.68. The summed E-state index contributed by atoms with van der Waals surface area (Å²) in [5.41, 5.74) is 1.44. The number of pyridine rings is 2. The largest absolute Gasteiger partial charge is 0.277 e. The molecule has 0 unspecified atom stereocenters. The third-order valence-electron chi connectivity index (χ3n) is 3.76. The Labute approximate surface area is 158 Å². The molecule has 0 N–H and O–H groups in total. The Morgan fingerprint density at radius 3 is 1.50 bits per heavy atom. The molecule has 4 aromatic rings. The SMILES string of the molecule is O=C(Sc1cccc2cccnc12)C(=O)Sc1cccc2cccnc12. The number of hydrogen-bond donors (Lipinski definition) is 0. The highest BCUT2D eigenvalue weighted by Crippen LogP contribution is 2.31. The maximum atomic E-state index is 12.4. The number of thioether (sulfide) groups is 2. The summed E-state index contributed by atoms with van der Waals surface area (Å²) in [5, 5.41) is 0.814. The van der Waals surface area contributed by atoms with E-state index in [2.05, 4.69) is 9.97 Å². The van der Waals surface area contributed by atoms with Gasteiger partial charge in [-0.05, 0) is 47.8 Å². The lowest BCUT2D eigenvalue weighted by molar-refractivity contribution is -0.126. The molecular formula is C20H12N2O2S2. The van der Waals surface area contributed by atoms with Crippen LogP contribution >= 0.6 is 23.5 Å². The van der Waals surface area contributed by atoms with E-state index in [-0.39, 0.29) is 0 Å². The predicted molar refractivity (Wildman–Crippen MR) is 105 cm³/mol. The smallest absolute Gasteiger partial charge is 0.271 e. The van der Waals surface area contributed by atoms with Gasteiger partial charge in [0.05, 0.1) is 11.0 Å². The Hall–Kier alpha value is -2.70. The minimum absolute atomic E-state index is 0.527. The molecule has 0 saturated carbocycles. The first-order valence-corrected chi connectivity index (χ1v) is 9.47. The van der Waals surface area contributed by atoms with Gasteiger partial charge in [0.25, 0.3) is 10.2 Å². The normalized spacial score (nSPS) is 10.9. The van der Waals surface area contributed by atoms with E-state index >= 15 is 0 Å². The molecule has 0 bridgehead atoms. The van der Waals surface area contributed by atoms with Gasteiger partial charge in [0, 0.05) is 33.0 Å². The van der Waals surface area contributed by atoms with E-state index in [1.807, 2.05) is 48.5 Å². The molecule has 4 nitrogen and oxygen atoms in total. The topological polar surface area (TPSA) is 59.9 Å². The van der Waals surface area contributed by atoms with E-state index in [0.717, 1.165) is 45.3 Å². The van der Waals surface area contributed by atoms with Crippen LogP contribution in [0.2, 0.25) is 0 Å². The molecule has 0 aliphatic heterocycles. The van der Waals surface area contributed by atoms with Crippen molar-refractivity contribution in [3.63, 3.8) is 0 Å². The van der Waals surface area contributed by atoms with Crippen molar-refractivity contribution >= 4 is 55.6 Å². The Balaban J connectivity index is 1.57. The highest BCUT2D eigenvalue weighted by atomic mass is 32.2. The summed E-state index contributed by atoms with van der Waals surface area (Å²) in [5.74, 6) is 0. The Morgan fingerprint density at radius 2 is 1.04 bits per heavy atom. The maximum Gasteiger partial charge on any atom is 0.271 e. The van der Waals surface area contributed by atoms with Crippen molar-refractivity contribution in [3.8, 4) is 0 Å². The molecule has 0 atom stereocenters. The maximum absolute atomic E-state index is 12.4. The molecule has 0 fully saturated rings. The molecule has 2 aromatic carbocycles. The summed E-state index contributed by atoms with van der Waals surface area (Å²) in [4.78, 5) is 34.9. The van der Waals surface area contributed by atoms with Gasteiger partial charge in [0.1, 0.15) is 0 Å². The van der Waals surface area contributed by atoms with Gasteiger partial charge in [-0.3, -0.25) is 19.6 Å². The average molecular weight is 376 g/mol. The molecule has 0 radical (unpaired) electrons. The molecule has 4 rings (SSSR count). The number of aromatic nitrogens is 2. The lowest BCUT2D eigenvalue weighted by Gasteiger charge is -2.05. The van der Waals surface area contributed by atoms with E-state index in [1.54, 1.807) is 24.5 Å². The monoisotopic (exact) mass is 376 g/mol. The number of hydrogen-bond acceptors (Lipinski definition) is 6. The molecular weight excluding hydrogens is 364 g/mol. The summed E-state index contributed by atoms with van der Waals surface area (Å²) in [7, 11) is 0. The number of para-hydroxylation sites is 2. The minimum Gasteiger partial charge on any atom is -0.277 e. The Kier molecular flexibility index (Phi) is 4.69. The van der Waals surface area contributed by atoms with Gasteiger partial charge in [0.15, 0.2) is 0 Å². The van der Waals surface area contributed by atoms with Gasteiger partial charge in [-0.25, -0.2) is 0 Å². The molecule has 26 heavy (non-hydrogen) atoms. The van der Waals surface area contributed by atoms with Gasteiger partial charge in [-0.15, -0.1) is 0 Å². The first kappa shape index (κ1) is 16.8. The van der Waals surface area contributed by atoms with Gasteiger partial charge in [-0.2, -0.15) is 0 Å². The van der Waals surface area contributed by atoms with E-state index in [9.17, 15) is 9.59 Å². The van der Waals surface area contributed by atoms with Gasteiger partial charge >= 0.3 is 0 Å². The highest BCUT2D eigenvalue weighted by Gasteiger charge is 2.19. The molecule has 6 heteroatoms. The van der Waals surface area contributed by atoms with Crippen LogP contribution in [0.25, 0.3) is 21.8 Å². The van der Waals surface area contributed by atoms with E-state index in [0.29, 0.717) is 9.79 Å². The second-order valence-corrected chi connectivity index (χ2v) is 7.47. The van der Waals surface area contributed by atoms with Crippen LogP contribution in [0.15, 0.2) is 82.8 Å². The van der Waals surface area contributed by atoms with Crippen molar-refractivity contribution in [2.45, 2.75) is 9.79 Å². The number of rotatable bonds is 2. The number of fused-ring (bicyclic) bond motifs is 2. The molecule has 0 spiro atoms. The second kappa shape index (κ2) is 7.27. The minimum atomic E-state index is -0.527. The predicted octanol–water partition coefficient (Wildman–Crippen LogP) is 4.72. The quantitative estimate of drug-likeness (QED) is 0.373. The zero-order valence-corrected chi connectivity index (χ0v) is 15.1. The van der Waals surface area contributed by atoms with Crippen molar-refractivity contribution < 1.29 is 9.59 Å². The van der Waals surface area contributed by atoms with Crippen LogP contribution in [-0.4, -0.2) is 20.2 Å². The molecule has 0 saturated heterocycles. The number of benzene rings is 2. The van der Waals surface area contributed by atoms with Gasteiger partial charge < -0.3 is 0 Å². The van der Waals surface area contributed by atoms with Crippen molar-refractivity contribution in [1.82, 2.24) is 9.97 Å². The van der Waals surface area contributed by atoms with Crippen LogP contribution in [0.3, 0.4) is 0 Å². The van der Waals surface area contributed by atoms with Crippen molar-refractivity contribution in [2.75, 3.05) is 0 Å². The summed E-state index contributed by atoms with van der Waals surface area (Å²) < 4.78 is 0. The summed E-state index contributed by atoms with van der Waals surface area (Å²) in [6.45, 7) is 0. The fourth-order valence-electron chi connectivity index (χ4n) is 2.60. The van der Waals surface area contributed by atoms with Crippen LogP contribution in [0.5, 0.6) is 0 Å². The van der Waals surface area contributed by atoms with Gasteiger partial charge in [-0.1, -0.05) is 36.4 Å². The molecule has 2 aromatic heterocycles. The van der Waals surface area contributed by atoms with Crippen molar-refractivity contribution in [1.29, 1.82) is 0 Å². The highest BCUT2D eigenvalue weighted by molar-refractivity contribution is 8.24. The number of carbonyl (C=O) groups excluding carboxylic acids is 2. The van der Waals surface area contributed by atoms with Crippen molar-refractivity contribution in [2.24, 2.45) is 0 Å². The third-order valence-corrected chi connectivity index (χ3v) is 5.73. The number of carbonyl (C=O) groups is 2. The van der Waals surface area contributed by atoms with E-state index in [1.165, 1.54) is 0 Å². The fourth-order valence-corrected chi connectivity index (χ4v) is 4.24. The molecule has 0 aliphatic carbocycles. The lowest BCUT2D eigenvalue weighted by Crippen LogP contribution is -2.05. The Morgan fingerprint density at radius 1 is 0.615 bits per heavy atom. The zero-order chi connectivity index (χ0) is 17.9. The van der Waals surface area contributed by atoms with Crippen LogP contribution in [0.4, 0.5) is 0 Å². The summed E-state index contributed by atoms with van der Waals surface area (Å²) in [6, 6.07) is 18.7. The summed E-state index contributed by atoms with van der Waals surface area (Å²) >= 11 is 1.83. The molecule has 0 aliphatic rings. The van der Waals surface area contributed by atoms with E-state index < -0.39 is 10.2 Å². The van der Waals surface area contributed by atoms with Crippen LogP contribution in [0, 0.1) is 0 Å². The Bertz CT molecular complexity index is 1040. The fraction of sp³-hybridized carbons (Fsp3) is 0. The van der Waals surface area contributed by atoms with Gasteiger partial charge in [0.2, 0.25) is 0 Å². The van der Waals surface area contributed by atoms with Crippen LogP contribution < -0.4 is 0 Å². The number of nitrogens with zero attached hydrogens (tertiary/aromatic N) is 2. The second-order valence-electron chi connectivity index (χ2n) is 5.44. The zero-order valence-electron chi connectivity index (χ0n) is 13.5. The molecule has 2 heterocycles. The van der Waals surface area contributed by atoms with Crippen molar-refractivity contribution in [3.05, 3.63) is 73.1 Å².